The first-order valence-corrected chi connectivity index (χ1v) is 13.4. The maximum atomic E-state index is 12.8. The topological polar surface area (TPSA) is 70.4 Å². The maximum Gasteiger partial charge on any atom is 0.226 e. The van der Waals surface area contributed by atoms with E-state index in [2.05, 4.69) is 46.8 Å². The van der Waals surface area contributed by atoms with Crippen LogP contribution in [-0.4, -0.2) is 27.4 Å². The van der Waals surface area contributed by atoms with Crippen LogP contribution in [0.5, 0.6) is 0 Å². The number of thiocarbonyl (C=S) groups is 1. The van der Waals surface area contributed by atoms with Gasteiger partial charge in [-0.25, -0.2) is 0 Å². The van der Waals surface area contributed by atoms with E-state index in [1.54, 1.807) is 18.0 Å². The first-order chi connectivity index (χ1) is 18.0. The molecule has 0 bridgehead atoms. The number of nitrogens with zero attached hydrogens (tertiary/aromatic N) is 2. The fraction of sp³-hybridized carbons (Fsp3) is 0.207. The molecule has 5 rings (SSSR count). The van der Waals surface area contributed by atoms with Crippen molar-refractivity contribution in [3.05, 3.63) is 108 Å². The standard InChI is InChI=1S/C29H28N4O2S2/c1-19-9-11-22(12-10-19)37-26-14-13-24(35-26)28-27(23-8-3-4-16-30-23)32-29(36)33(28)17-15-25(34)31-21-7-5-6-20(2)18-21/h3-14,16,18,27-28H,15,17H2,1-2H3,(H,31,34)(H,32,36)/t27-,28+/m1/s1. The number of amides is 1. The van der Waals surface area contributed by atoms with Gasteiger partial charge in [0.25, 0.3) is 0 Å². The van der Waals surface area contributed by atoms with Gasteiger partial charge in [-0.3, -0.25) is 9.78 Å². The Balaban J connectivity index is 1.35. The number of pyridine rings is 1. The fourth-order valence-corrected chi connectivity index (χ4v) is 5.50. The Morgan fingerprint density at radius 3 is 2.65 bits per heavy atom. The molecule has 1 fully saturated rings. The van der Waals surface area contributed by atoms with Crippen molar-refractivity contribution in [1.82, 2.24) is 15.2 Å². The van der Waals surface area contributed by atoms with Crippen molar-refractivity contribution in [3.63, 3.8) is 0 Å². The molecule has 3 heterocycles. The van der Waals surface area contributed by atoms with Crippen molar-refractivity contribution < 1.29 is 9.21 Å². The van der Waals surface area contributed by atoms with Crippen LogP contribution >= 0.6 is 24.0 Å². The second kappa shape index (κ2) is 11.2. The van der Waals surface area contributed by atoms with Gasteiger partial charge in [-0.1, -0.05) is 47.7 Å². The highest BCUT2D eigenvalue weighted by molar-refractivity contribution is 7.99. The summed E-state index contributed by atoms with van der Waals surface area (Å²) in [4.78, 5) is 20.5. The minimum atomic E-state index is -0.235. The van der Waals surface area contributed by atoms with Crippen LogP contribution in [0.2, 0.25) is 0 Å². The van der Waals surface area contributed by atoms with Crippen molar-refractivity contribution in [2.75, 3.05) is 11.9 Å². The number of hydrogen-bond acceptors (Lipinski definition) is 5. The highest BCUT2D eigenvalue weighted by Gasteiger charge is 2.41. The average Bonchev–Trinajstić information content (AvgIpc) is 3.48. The largest absolute Gasteiger partial charge is 0.452 e. The molecular formula is C29H28N4O2S2. The van der Waals surface area contributed by atoms with E-state index in [0.717, 1.165) is 32.7 Å². The number of carbonyl (C=O) groups excluding carboxylic acids is 1. The fourth-order valence-electron chi connectivity index (χ4n) is 4.39. The zero-order valence-electron chi connectivity index (χ0n) is 20.7. The summed E-state index contributed by atoms with van der Waals surface area (Å²) in [5.74, 6) is 0.709. The molecular weight excluding hydrogens is 500 g/mol. The van der Waals surface area contributed by atoms with E-state index >= 15 is 0 Å². The molecule has 1 saturated heterocycles. The molecule has 188 valence electrons. The molecule has 2 aromatic carbocycles. The lowest BCUT2D eigenvalue weighted by Gasteiger charge is -2.25. The predicted molar refractivity (Wildman–Crippen MR) is 151 cm³/mol. The van der Waals surface area contributed by atoms with Gasteiger partial charge < -0.3 is 20.0 Å². The highest BCUT2D eigenvalue weighted by Crippen LogP contribution is 2.41. The third-order valence-corrected chi connectivity index (χ3v) is 7.49. The summed E-state index contributed by atoms with van der Waals surface area (Å²) in [7, 11) is 0. The molecule has 0 radical (unpaired) electrons. The SMILES string of the molecule is Cc1ccc(Sc2ccc([C@H]3[C@@H](c4ccccn4)NC(=S)N3CCC(=O)Nc3cccc(C)c3)o2)cc1. The summed E-state index contributed by atoms with van der Waals surface area (Å²) >= 11 is 7.30. The molecule has 37 heavy (non-hydrogen) atoms. The Labute approximate surface area is 226 Å². The zero-order valence-corrected chi connectivity index (χ0v) is 22.3. The number of hydrogen-bond donors (Lipinski definition) is 2. The van der Waals surface area contributed by atoms with Crippen LogP contribution in [-0.2, 0) is 4.79 Å². The number of nitrogens with one attached hydrogen (secondary N) is 2. The molecule has 2 N–H and O–H groups in total. The van der Waals surface area contributed by atoms with Crippen LogP contribution in [0, 0.1) is 13.8 Å². The minimum absolute atomic E-state index is 0.0662. The molecule has 2 aromatic heterocycles. The number of rotatable bonds is 8. The lowest BCUT2D eigenvalue weighted by molar-refractivity contribution is -0.116. The third kappa shape index (κ3) is 6.03. The molecule has 0 spiro atoms. The van der Waals surface area contributed by atoms with Crippen LogP contribution in [0.3, 0.4) is 0 Å². The molecule has 1 amide bonds. The molecule has 4 aromatic rings. The van der Waals surface area contributed by atoms with Gasteiger partial charge in [-0.05, 0) is 80.2 Å². The lowest BCUT2D eigenvalue weighted by atomic mass is 10.0. The van der Waals surface area contributed by atoms with Gasteiger partial charge in [0.05, 0.1) is 11.7 Å². The van der Waals surface area contributed by atoms with Crippen molar-refractivity contribution in [2.24, 2.45) is 0 Å². The smallest absolute Gasteiger partial charge is 0.226 e. The van der Waals surface area contributed by atoms with Crippen molar-refractivity contribution >= 4 is 40.7 Å². The van der Waals surface area contributed by atoms with E-state index in [0.29, 0.717) is 11.7 Å². The van der Waals surface area contributed by atoms with Gasteiger partial charge in [0.1, 0.15) is 11.8 Å². The van der Waals surface area contributed by atoms with Crippen LogP contribution in [0.25, 0.3) is 0 Å². The first-order valence-electron chi connectivity index (χ1n) is 12.1. The van der Waals surface area contributed by atoms with Crippen LogP contribution < -0.4 is 10.6 Å². The van der Waals surface area contributed by atoms with Crippen LogP contribution in [0.15, 0.2) is 99.5 Å². The second-order valence-corrected chi connectivity index (χ2v) is 10.5. The van der Waals surface area contributed by atoms with Crippen molar-refractivity contribution in [2.45, 2.75) is 42.3 Å². The molecule has 1 aliphatic heterocycles. The number of furan rings is 1. The summed E-state index contributed by atoms with van der Waals surface area (Å²) in [6.07, 6.45) is 2.06. The molecule has 2 atom stereocenters. The van der Waals surface area contributed by atoms with Gasteiger partial charge in [-0.2, -0.15) is 0 Å². The van der Waals surface area contributed by atoms with E-state index in [9.17, 15) is 4.79 Å². The summed E-state index contributed by atoms with van der Waals surface area (Å²) < 4.78 is 6.34. The lowest BCUT2D eigenvalue weighted by Crippen LogP contribution is -2.32. The summed E-state index contributed by atoms with van der Waals surface area (Å²) in [5, 5.41) is 7.77. The Morgan fingerprint density at radius 2 is 1.89 bits per heavy atom. The maximum absolute atomic E-state index is 12.8. The van der Waals surface area contributed by atoms with E-state index < -0.39 is 0 Å². The first kappa shape index (κ1) is 25.0. The predicted octanol–water partition coefficient (Wildman–Crippen LogP) is 6.44. The van der Waals surface area contributed by atoms with Gasteiger partial charge in [-0.15, -0.1) is 0 Å². The van der Waals surface area contributed by atoms with Crippen LogP contribution in [0.4, 0.5) is 5.69 Å². The normalized spacial score (nSPS) is 17.0. The number of benzene rings is 2. The molecule has 1 aliphatic rings. The number of carbonyl (C=O) groups is 1. The summed E-state index contributed by atoms with van der Waals surface area (Å²) in [6.45, 7) is 4.52. The molecule has 0 unspecified atom stereocenters. The van der Waals surface area contributed by atoms with Crippen molar-refractivity contribution in [3.8, 4) is 0 Å². The Morgan fingerprint density at radius 1 is 1.05 bits per heavy atom. The summed E-state index contributed by atoms with van der Waals surface area (Å²) in [6, 6.07) is 25.5. The Bertz CT molecular complexity index is 1390. The molecule has 6 nitrogen and oxygen atoms in total. The van der Waals surface area contributed by atoms with Gasteiger partial charge in [0.2, 0.25) is 5.91 Å². The minimum Gasteiger partial charge on any atom is -0.452 e. The van der Waals surface area contributed by atoms with E-state index in [4.69, 9.17) is 16.6 Å². The Kier molecular flexibility index (Phi) is 7.58. The van der Waals surface area contributed by atoms with E-state index in [-0.39, 0.29) is 24.4 Å². The van der Waals surface area contributed by atoms with Gasteiger partial charge in [0, 0.05) is 29.7 Å². The third-order valence-electron chi connectivity index (χ3n) is 6.21. The van der Waals surface area contributed by atoms with Gasteiger partial charge in [0.15, 0.2) is 10.2 Å². The molecule has 0 saturated carbocycles. The average molecular weight is 529 g/mol. The monoisotopic (exact) mass is 528 g/mol. The quantitative estimate of drug-likeness (QED) is 0.255. The van der Waals surface area contributed by atoms with Crippen molar-refractivity contribution in [1.29, 1.82) is 0 Å². The number of aryl methyl sites for hydroxylation is 2. The highest BCUT2D eigenvalue weighted by atomic mass is 32.2. The Hall–Kier alpha value is -3.62. The molecule has 0 aliphatic carbocycles. The molecule has 8 heteroatoms. The van der Waals surface area contributed by atoms with E-state index in [1.165, 1.54) is 5.56 Å². The zero-order chi connectivity index (χ0) is 25.8. The number of anilines is 1. The second-order valence-electron chi connectivity index (χ2n) is 9.06. The van der Waals surface area contributed by atoms with Crippen LogP contribution in [0.1, 0.15) is 41.1 Å². The number of aromatic nitrogens is 1. The summed E-state index contributed by atoms with van der Waals surface area (Å²) in [5.41, 5.74) is 3.97. The van der Waals surface area contributed by atoms with Gasteiger partial charge >= 0.3 is 0 Å². The van der Waals surface area contributed by atoms with E-state index in [1.807, 2.05) is 66.4 Å².